The topological polar surface area (TPSA) is 84.5 Å². The number of hydrogen-bond donors (Lipinski definition) is 2. The molecule has 1 amide bonds. The monoisotopic (exact) mass is 356 g/mol. The Kier molecular flexibility index (Phi) is 5.47. The number of hydrogen-bond acceptors (Lipinski definition) is 4. The summed E-state index contributed by atoms with van der Waals surface area (Å²) in [7, 11) is -4.59. The van der Waals surface area contributed by atoms with Gasteiger partial charge in [-0.2, -0.15) is 0 Å². The molecule has 0 aromatic heterocycles. The Balaban J connectivity index is 1.96. The Morgan fingerprint density at radius 1 is 1.12 bits per heavy atom. The van der Waals surface area contributed by atoms with Crippen molar-refractivity contribution in [3.63, 3.8) is 0 Å². The van der Waals surface area contributed by atoms with Gasteiger partial charge in [-0.05, 0) is 36.8 Å². The van der Waals surface area contributed by atoms with Gasteiger partial charge in [0, 0.05) is 0 Å². The molecule has 0 heterocycles. The molecule has 0 saturated heterocycles. The number of benzene rings is 2. The van der Waals surface area contributed by atoms with E-state index >= 15 is 0 Å². The van der Waals surface area contributed by atoms with E-state index in [1.165, 1.54) is 0 Å². The zero-order chi connectivity index (χ0) is 17.7. The van der Waals surface area contributed by atoms with Crippen molar-refractivity contribution < 1.29 is 26.7 Å². The second-order valence-corrected chi connectivity index (χ2v) is 6.43. The molecule has 0 radical (unpaired) electrons. The van der Waals surface area contributed by atoms with E-state index in [1.807, 2.05) is 18.4 Å². The average Bonchev–Trinajstić information content (AvgIpc) is 2.51. The van der Waals surface area contributed by atoms with Crippen LogP contribution in [0.25, 0.3) is 0 Å². The first-order valence-corrected chi connectivity index (χ1v) is 8.22. The summed E-state index contributed by atoms with van der Waals surface area (Å²) in [5.41, 5.74) is 2.75. The molecule has 2 aromatic carbocycles. The van der Waals surface area contributed by atoms with Crippen LogP contribution in [0.4, 0.5) is 8.78 Å². The minimum atomic E-state index is -4.59. The molecule has 0 fully saturated rings. The number of ether oxygens (including phenoxy) is 1. The molecular formula is C15H14F2N2O4S. The fourth-order valence-corrected chi connectivity index (χ4v) is 2.80. The molecule has 0 bridgehead atoms. The largest absolute Gasteiger partial charge is 0.484 e. The summed E-state index contributed by atoms with van der Waals surface area (Å²) >= 11 is 0. The van der Waals surface area contributed by atoms with Gasteiger partial charge < -0.3 is 4.74 Å². The summed E-state index contributed by atoms with van der Waals surface area (Å²) in [5.74, 6) is -2.95. The highest BCUT2D eigenvalue weighted by Gasteiger charge is 2.24. The summed E-state index contributed by atoms with van der Waals surface area (Å²) in [6.07, 6.45) is 0. The van der Waals surface area contributed by atoms with Crippen LogP contribution in [0.15, 0.2) is 47.4 Å². The van der Waals surface area contributed by atoms with Gasteiger partial charge in [0.05, 0.1) is 0 Å². The fourth-order valence-electron chi connectivity index (χ4n) is 1.80. The number of aryl methyl sites for hydroxylation is 1. The van der Waals surface area contributed by atoms with Crippen LogP contribution >= 0.6 is 0 Å². The molecule has 0 spiro atoms. The highest BCUT2D eigenvalue weighted by Crippen LogP contribution is 2.17. The van der Waals surface area contributed by atoms with Gasteiger partial charge in [0.2, 0.25) is 0 Å². The third-order valence-corrected chi connectivity index (χ3v) is 4.17. The predicted molar refractivity (Wildman–Crippen MR) is 81.5 cm³/mol. The van der Waals surface area contributed by atoms with Crippen LogP contribution in [0.3, 0.4) is 0 Å². The third-order valence-electron chi connectivity index (χ3n) is 2.87. The lowest BCUT2D eigenvalue weighted by molar-refractivity contribution is -0.123. The minimum absolute atomic E-state index is 0.424. The van der Waals surface area contributed by atoms with Crippen LogP contribution in [-0.4, -0.2) is 20.9 Å². The Hall–Kier alpha value is -2.52. The van der Waals surface area contributed by atoms with Crippen molar-refractivity contribution in [2.45, 2.75) is 11.8 Å². The van der Waals surface area contributed by atoms with Gasteiger partial charge in [0.25, 0.3) is 15.9 Å². The van der Waals surface area contributed by atoms with Gasteiger partial charge in [0.1, 0.15) is 17.4 Å². The van der Waals surface area contributed by atoms with Crippen LogP contribution in [0.5, 0.6) is 5.75 Å². The first-order chi connectivity index (χ1) is 11.3. The second kappa shape index (κ2) is 7.37. The number of amides is 1. The minimum Gasteiger partial charge on any atom is -0.484 e. The van der Waals surface area contributed by atoms with E-state index in [-0.39, 0.29) is 0 Å². The van der Waals surface area contributed by atoms with Crippen molar-refractivity contribution in [2.24, 2.45) is 0 Å². The summed E-state index contributed by atoms with van der Waals surface area (Å²) < 4.78 is 55.8. The van der Waals surface area contributed by atoms with Crippen LogP contribution in [0.2, 0.25) is 0 Å². The first kappa shape index (κ1) is 17.8. The molecule has 0 unspecified atom stereocenters. The van der Waals surface area contributed by atoms with Gasteiger partial charge >= 0.3 is 0 Å². The van der Waals surface area contributed by atoms with E-state index in [1.54, 1.807) is 23.0 Å². The highest BCUT2D eigenvalue weighted by molar-refractivity contribution is 7.89. The molecule has 0 aliphatic rings. The third kappa shape index (κ3) is 4.49. The van der Waals surface area contributed by atoms with Crippen molar-refractivity contribution in [1.29, 1.82) is 0 Å². The van der Waals surface area contributed by atoms with E-state index in [0.717, 1.165) is 23.8 Å². The van der Waals surface area contributed by atoms with E-state index in [4.69, 9.17) is 4.74 Å². The van der Waals surface area contributed by atoms with Crippen LogP contribution in [-0.2, 0) is 14.8 Å². The number of rotatable bonds is 6. The van der Waals surface area contributed by atoms with Gasteiger partial charge in [-0.1, -0.05) is 18.2 Å². The molecule has 2 N–H and O–H groups in total. The number of carbonyl (C=O) groups is 1. The lowest BCUT2D eigenvalue weighted by Gasteiger charge is -2.10. The standard InChI is InChI=1S/C15H14F2N2O4S/c1-10-4-2-5-11(8-10)23-9-14(20)18-19-24(21,22)15-12(16)6-3-7-13(15)17/h2-8,19H,9H2,1H3,(H,18,20). The van der Waals surface area contributed by atoms with Crippen molar-refractivity contribution in [3.8, 4) is 5.75 Å². The second-order valence-electron chi connectivity index (χ2n) is 4.81. The SMILES string of the molecule is Cc1cccc(OCC(=O)NNS(=O)(=O)c2c(F)cccc2F)c1. The summed E-state index contributed by atoms with van der Waals surface area (Å²) in [6.45, 7) is 1.36. The van der Waals surface area contributed by atoms with Crippen molar-refractivity contribution in [3.05, 3.63) is 59.7 Å². The van der Waals surface area contributed by atoms with Gasteiger partial charge in [-0.25, -0.2) is 17.2 Å². The van der Waals surface area contributed by atoms with Crippen LogP contribution in [0.1, 0.15) is 5.56 Å². The molecule has 0 saturated carbocycles. The molecule has 6 nitrogen and oxygen atoms in total. The maximum Gasteiger partial charge on any atom is 0.272 e. The Labute approximate surface area is 137 Å². The molecule has 24 heavy (non-hydrogen) atoms. The highest BCUT2D eigenvalue weighted by atomic mass is 32.2. The van der Waals surface area contributed by atoms with Gasteiger partial charge in [0.15, 0.2) is 11.5 Å². The summed E-state index contributed by atoms with van der Waals surface area (Å²) in [6, 6.07) is 9.49. The smallest absolute Gasteiger partial charge is 0.272 e. The maximum absolute atomic E-state index is 13.5. The number of hydrazine groups is 1. The van der Waals surface area contributed by atoms with Gasteiger partial charge in [-0.3, -0.25) is 10.2 Å². The zero-order valence-corrected chi connectivity index (χ0v) is 13.4. The van der Waals surface area contributed by atoms with Crippen molar-refractivity contribution in [2.75, 3.05) is 6.61 Å². The Morgan fingerprint density at radius 2 is 1.75 bits per heavy atom. The molecule has 128 valence electrons. The summed E-state index contributed by atoms with van der Waals surface area (Å²) in [4.78, 5) is 12.0. The number of carbonyl (C=O) groups excluding carboxylic acids is 1. The van der Waals surface area contributed by atoms with E-state index in [9.17, 15) is 22.0 Å². The van der Waals surface area contributed by atoms with Crippen LogP contribution < -0.4 is 15.0 Å². The fraction of sp³-hybridized carbons (Fsp3) is 0.133. The lowest BCUT2D eigenvalue weighted by Crippen LogP contribution is -2.44. The average molecular weight is 356 g/mol. The normalized spacial score (nSPS) is 11.1. The van der Waals surface area contributed by atoms with E-state index in [0.29, 0.717) is 5.75 Å². The molecule has 0 atom stereocenters. The first-order valence-electron chi connectivity index (χ1n) is 6.74. The molecular weight excluding hydrogens is 342 g/mol. The lowest BCUT2D eigenvalue weighted by atomic mass is 10.2. The molecule has 2 rings (SSSR count). The molecule has 2 aromatic rings. The Morgan fingerprint density at radius 3 is 2.38 bits per heavy atom. The quantitative estimate of drug-likeness (QED) is 0.771. The summed E-state index contributed by atoms with van der Waals surface area (Å²) in [5, 5.41) is 0. The number of sulfonamides is 1. The molecule has 9 heteroatoms. The van der Waals surface area contributed by atoms with E-state index in [2.05, 4.69) is 0 Å². The number of nitrogens with one attached hydrogen (secondary N) is 2. The maximum atomic E-state index is 13.5. The van der Waals surface area contributed by atoms with Crippen molar-refractivity contribution in [1.82, 2.24) is 10.3 Å². The molecule has 0 aliphatic carbocycles. The Bertz CT molecular complexity index is 836. The van der Waals surface area contributed by atoms with Crippen LogP contribution in [0, 0.1) is 18.6 Å². The van der Waals surface area contributed by atoms with Gasteiger partial charge in [-0.15, -0.1) is 4.83 Å². The van der Waals surface area contributed by atoms with Crippen molar-refractivity contribution >= 4 is 15.9 Å². The molecule has 0 aliphatic heterocycles. The predicted octanol–water partition coefficient (Wildman–Crippen LogP) is 1.66. The van der Waals surface area contributed by atoms with E-state index < -0.39 is 39.1 Å². The zero-order valence-electron chi connectivity index (χ0n) is 12.5. The number of halogens is 2.